The Hall–Kier alpha value is 5.01. The molecule has 3 nitrogen and oxygen atoms in total. The summed E-state index contributed by atoms with van der Waals surface area (Å²) >= 11 is 0. The number of hydrogen-bond acceptors (Lipinski definition) is 3. The van der Waals surface area contributed by atoms with Gasteiger partial charge in [0.05, 0.1) is 0 Å². The molecule has 0 aliphatic heterocycles. The maximum atomic E-state index is 3.56. The third-order valence-electron chi connectivity index (χ3n) is 0.400. The zero-order valence-corrected chi connectivity index (χ0v) is 21.1. The average Bonchev–Trinajstić information content (AvgIpc) is 1.72. The van der Waals surface area contributed by atoms with Crippen LogP contribution in [-0.2, 0) is 0 Å². The van der Waals surface area contributed by atoms with Gasteiger partial charge in [-0.2, -0.15) is 0 Å². The molecule has 0 radical (unpaired) electrons. The van der Waals surface area contributed by atoms with Gasteiger partial charge in [-0.1, -0.05) is 0 Å². The van der Waals surface area contributed by atoms with Crippen molar-refractivity contribution in [1.82, 2.24) is 15.0 Å². The summed E-state index contributed by atoms with van der Waals surface area (Å²) in [5, 5.41) is 0. The van der Waals surface area contributed by atoms with E-state index in [1.165, 1.54) is 19.0 Å². The summed E-state index contributed by atoms with van der Waals surface area (Å²) in [6.45, 7) is 0. The van der Waals surface area contributed by atoms with Gasteiger partial charge in [0, 0.05) is 0 Å². The van der Waals surface area contributed by atoms with E-state index in [2.05, 4.69) is 15.0 Å². The summed E-state index contributed by atoms with van der Waals surface area (Å²) < 4.78 is 0. The maximum Gasteiger partial charge on any atom is 1.00 e. The molecule has 0 spiro atoms. The topological polar surface area (TPSA) is 38.7 Å². The second-order valence-corrected chi connectivity index (χ2v) is 0.794. The molecule has 0 amide bonds. The quantitative estimate of drug-likeness (QED) is 0.411. The van der Waals surface area contributed by atoms with Crippen molar-refractivity contribution in [2.24, 2.45) is 0 Å². The van der Waals surface area contributed by atoms with Gasteiger partial charge in [-0.25, -0.2) is 15.0 Å². The van der Waals surface area contributed by atoms with Crippen LogP contribution in [0.1, 0.15) is 8.56 Å². The molecule has 12 heavy (non-hydrogen) atoms. The Bertz CT molecular complexity index is 106. The van der Waals surface area contributed by atoms with Gasteiger partial charge in [-0.3, -0.25) is 0 Å². The van der Waals surface area contributed by atoms with Gasteiger partial charge >= 0.3 is 177 Å². The minimum atomic E-state index is 0. The molecule has 1 heterocycles. The largest absolute Gasteiger partial charge is 1.00 e. The van der Waals surface area contributed by atoms with Crippen molar-refractivity contribution in [3.63, 3.8) is 0 Å². The zero-order valence-electron chi connectivity index (χ0n) is 15.1. The van der Waals surface area contributed by atoms with E-state index in [1.807, 2.05) is 0 Å². The van der Waals surface area contributed by atoms with Gasteiger partial charge in [0.15, 0.2) is 0 Å². The smallest absolute Gasteiger partial charge is 1.00 e. The van der Waals surface area contributed by atoms with Crippen molar-refractivity contribution < 1.29 is 186 Å². The molecule has 0 saturated heterocycles. The fourth-order valence-electron chi connectivity index (χ4n) is 0.205. The molecule has 9 heteroatoms. The summed E-state index contributed by atoms with van der Waals surface area (Å²) in [7, 11) is 0. The molecular weight excluding hydrogens is 216 g/mol. The van der Waals surface area contributed by atoms with E-state index >= 15 is 0 Å². The SMILES string of the molecule is [H-].[H-].[H-].[H-].[H-].[H-].[Na+].[Na+].[Na+].[Na+].[Na+].[Na+].c1ncncn1. The first-order chi connectivity index (χ1) is 3.00. The molecule has 0 N–H and O–H groups in total. The Morgan fingerprint density at radius 3 is 0.750 bits per heavy atom. The number of rotatable bonds is 0. The van der Waals surface area contributed by atoms with Crippen LogP contribution >= 0.6 is 0 Å². The minimum Gasteiger partial charge on any atom is -1.00 e. The Morgan fingerprint density at radius 2 is 0.667 bits per heavy atom. The molecule has 0 aliphatic rings. The van der Waals surface area contributed by atoms with Crippen molar-refractivity contribution in [3.05, 3.63) is 19.0 Å². The van der Waals surface area contributed by atoms with Crippen molar-refractivity contribution >= 4 is 0 Å². The number of aromatic nitrogens is 3. The Balaban J connectivity index is -0.00000000300. The number of nitrogens with zero attached hydrogens (tertiary/aromatic N) is 3. The minimum absolute atomic E-state index is 0. The molecule has 0 aliphatic carbocycles. The molecule has 1 rings (SSSR count). The van der Waals surface area contributed by atoms with Crippen LogP contribution in [-0.4, -0.2) is 15.0 Å². The van der Waals surface area contributed by atoms with E-state index in [1.54, 1.807) is 0 Å². The zero-order chi connectivity index (χ0) is 4.24. The van der Waals surface area contributed by atoms with Crippen molar-refractivity contribution in [1.29, 1.82) is 0 Å². The Kier molecular flexibility index (Phi) is 89.2. The second kappa shape index (κ2) is 29.8. The first kappa shape index (κ1) is 36.0. The summed E-state index contributed by atoms with van der Waals surface area (Å²) in [5.41, 5.74) is 0. The molecular formula is C3H9N3Na6. The van der Waals surface area contributed by atoms with Gasteiger partial charge in [0.1, 0.15) is 19.0 Å². The van der Waals surface area contributed by atoms with Crippen LogP contribution in [0.3, 0.4) is 0 Å². The molecule has 0 bridgehead atoms. The van der Waals surface area contributed by atoms with E-state index in [-0.39, 0.29) is 186 Å². The van der Waals surface area contributed by atoms with Gasteiger partial charge in [-0.15, -0.1) is 0 Å². The number of hydrogen-bond donors (Lipinski definition) is 0. The van der Waals surface area contributed by atoms with Crippen LogP contribution in [0, 0.1) is 0 Å². The molecule has 1 aromatic heterocycles. The fourth-order valence-corrected chi connectivity index (χ4v) is 0.205. The van der Waals surface area contributed by atoms with Crippen LogP contribution in [0.4, 0.5) is 0 Å². The van der Waals surface area contributed by atoms with E-state index in [0.29, 0.717) is 0 Å². The average molecular weight is 225 g/mol. The van der Waals surface area contributed by atoms with Crippen LogP contribution in [0.5, 0.6) is 0 Å². The van der Waals surface area contributed by atoms with Gasteiger partial charge in [0.25, 0.3) is 0 Å². The van der Waals surface area contributed by atoms with Gasteiger partial charge < -0.3 is 8.56 Å². The van der Waals surface area contributed by atoms with Gasteiger partial charge in [-0.05, 0) is 0 Å². The molecule has 0 fully saturated rings. The molecule has 0 unspecified atom stereocenters. The van der Waals surface area contributed by atoms with Crippen molar-refractivity contribution in [2.75, 3.05) is 0 Å². The van der Waals surface area contributed by atoms with E-state index in [0.717, 1.165) is 0 Å². The summed E-state index contributed by atoms with van der Waals surface area (Å²) in [6, 6.07) is 0. The summed E-state index contributed by atoms with van der Waals surface area (Å²) in [6.07, 6.45) is 4.31. The standard InChI is InChI=1S/C3H3N3.6Na.6H/c1-4-2-6-3-5-1;;;;;;;;;;;;/h1-3H;;;;;;;;;;;;/q;6*+1;6*-1. The molecule has 42 valence electrons. The predicted octanol–water partition coefficient (Wildman–Crippen LogP) is -17.4. The Morgan fingerprint density at radius 1 is 0.500 bits per heavy atom. The first-order valence-electron chi connectivity index (χ1n) is 1.55. The molecule has 0 atom stereocenters. The molecule has 0 aromatic carbocycles. The van der Waals surface area contributed by atoms with E-state index in [9.17, 15) is 0 Å². The second-order valence-electron chi connectivity index (χ2n) is 0.794. The third-order valence-corrected chi connectivity index (χ3v) is 0.400. The first-order valence-corrected chi connectivity index (χ1v) is 1.55. The maximum absolute atomic E-state index is 3.56. The summed E-state index contributed by atoms with van der Waals surface area (Å²) in [4.78, 5) is 10.7. The summed E-state index contributed by atoms with van der Waals surface area (Å²) in [5.74, 6) is 0. The fraction of sp³-hybridized carbons (Fsp3) is 0. The van der Waals surface area contributed by atoms with Crippen molar-refractivity contribution in [2.45, 2.75) is 0 Å². The van der Waals surface area contributed by atoms with Crippen LogP contribution in [0.15, 0.2) is 19.0 Å². The van der Waals surface area contributed by atoms with E-state index < -0.39 is 0 Å². The van der Waals surface area contributed by atoms with Crippen molar-refractivity contribution in [3.8, 4) is 0 Å². The predicted molar refractivity (Wildman–Crippen MR) is 26.5 cm³/mol. The van der Waals surface area contributed by atoms with E-state index in [4.69, 9.17) is 0 Å². The third kappa shape index (κ3) is 24.3. The van der Waals surface area contributed by atoms with Gasteiger partial charge in [0.2, 0.25) is 0 Å². The normalized spacial score (nSPS) is 4.00. The Labute approximate surface area is 214 Å². The van der Waals surface area contributed by atoms with Crippen LogP contribution in [0.25, 0.3) is 0 Å². The molecule has 1 aromatic rings. The van der Waals surface area contributed by atoms with Crippen LogP contribution in [0.2, 0.25) is 0 Å². The van der Waals surface area contributed by atoms with Crippen LogP contribution < -0.4 is 177 Å². The monoisotopic (exact) mass is 225 g/mol. The molecule has 0 saturated carbocycles.